The molecule has 0 aliphatic heterocycles. The van der Waals surface area contributed by atoms with Crippen LogP contribution in [0, 0.1) is 0 Å². The summed E-state index contributed by atoms with van der Waals surface area (Å²) in [5, 5.41) is 2.31. The fraction of sp³-hybridized carbons (Fsp3) is 0.389. The van der Waals surface area contributed by atoms with Crippen molar-refractivity contribution in [2.45, 2.75) is 65.2 Å². The summed E-state index contributed by atoms with van der Waals surface area (Å²) in [6, 6.07) is 20.9. The molecule has 3 aromatic carbocycles. The maximum Gasteiger partial charge on any atom is 0.333 e. The van der Waals surface area contributed by atoms with Gasteiger partial charge in [0.25, 0.3) is 0 Å². The van der Waals surface area contributed by atoms with Crippen molar-refractivity contribution in [3.8, 4) is 22.6 Å². The Kier molecular flexibility index (Phi) is 13.7. The van der Waals surface area contributed by atoms with Gasteiger partial charge >= 0.3 is 11.9 Å². The van der Waals surface area contributed by atoms with Crippen LogP contribution < -0.4 is 9.47 Å². The first-order valence-electron chi connectivity index (χ1n) is 14.9. The molecule has 0 saturated heterocycles. The molecular weight excluding hydrogens is 528 g/mol. The Bertz CT molecular complexity index is 1320. The SMILES string of the molecule is C=C(C)C(=O)OCCCCCCOc1ccc(-c2ccc3cc(OCCCCCCOC(=O)C(=C)C)ccc3c2)cc1. The Hall–Kier alpha value is -4.06. The summed E-state index contributed by atoms with van der Waals surface area (Å²) < 4.78 is 22.1. The van der Waals surface area contributed by atoms with E-state index in [0.29, 0.717) is 37.6 Å². The molecule has 0 spiro atoms. The minimum atomic E-state index is -0.318. The molecule has 0 heterocycles. The highest BCUT2D eigenvalue weighted by Gasteiger charge is 2.05. The largest absolute Gasteiger partial charge is 0.494 e. The van der Waals surface area contributed by atoms with Gasteiger partial charge in [0, 0.05) is 11.1 Å². The van der Waals surface area contributed by atoms with Crippen LogP contribution in [0.1, 0.15) is 65.2 Å². The number of fused-ring (bicyclic) bond motifs is 1. The van der Waals surface area contributed by atoms with Crippen molar-refractivity contribution < 1.29 is 28.5 Å². The molecule has 0 fully saturated rings. The van der Waals surface area contributed by atoms with Gasteiger partial charge in [-0.3, -0.25) is 0 Å². The van der Waals surface area contributed by atoms with Gasteiger partial charge in [0.1, 0.15) is 11.5 Å². The van der Waals surface area contributed by atoms with E-state index in [-0.39, 0.29) is 11.9 Å². The van der Waals surface area contributed by atoms with Gasteiger partial charge in [0.15, 0.2) is 0 Å². The summed E-state index contributed by atoms with van der Waals surface area (Å²) in [7, 11) is 0. The number of carbonyl (C=O) groups excluding carboxylic acids is 2. The van der Waals surface area contributed by atoms with E-state index < -0.39 is 0 Å². The maximum atomic E-state index is 11.4. The lowest BCUT2D eigenvalue weighted by Gasteiger charge is -2.10. The van der Waals surface area contributed by atoms with E-state index in [0.717, 1.165) is 79.4 Å². The fourth-order valence-corrected chi connectivity index (χ4v) is 4.31. The molecule has 0 bridgehead atoms. The van der Waals surface area contributed by atoms with Crippen molar-refractivity contribution in [3.05, 3.63) is 85.0 Å². The molecule has 0 aromatic heterocycles. The topological polar surface area (TPSA) is 71.1 Å². The molecule has 224 valence electrons. The first-order valence-corrected chi connectivity index (χ1v) is 14.9. The molecular formula is C36H44O6. The van der Waals surface area contributed by atoms with Gasteiger partial charge in [0.2, 0.25) is 0 Å². The number of ether oxygens (including phenoxy) is 4. The summed E-state index contributed by atoms with van der Waals surface area (Å²) in [6.45, 7) is 12.7. The van der Waals surface area contributed by atoms with Gasteiger partial charge in [-0.25, -0.2) is 9.59 Å². The highest BCUT2D eigenvalue weighted by molar-refractivity contribution is 5.88. The Balaban J connectivity index is 1.34. The minimum absolute atomic E-state index is 0.318. The average Bonchev–Trinajstić information content (AvgIpc) is 2.99. The van der Waals surface area contributed by atoms with Crippen LogP contribution in [0.5, 0.6) is 11.5 Å². The fourth-order valence-electron chi connectivity index (χ4n) is 4.31. The molecule has 0 aliphatic rings. The zero-order valence-electron chi connectivity index (χ0n) is 25.1. The lowest BCUT2D eigenvalue weighted by molar-refractivity contribution is -0.139. The molecule has 6 heteroatoms. The number of rotatable bonds is 19. The summed E-state index contributed by atoms with van der Waals surface area (Å²) in [5.74, 6) is 1.10. The predicted molar refractivity (Wildman–Crippen MR) is 169 cm³/mol. The molecule has 42 heavy (non-hydrogen) atoms. The third kappa shape index (κ3) is 11.4. The molecule has 0 unspecified atom stereocenters. The maximum absolute atomic E-state index is 11.4. The highest BCUT2D eigenvalue weighted by Crippen LogP contribution is 2.28. The van der Waals surface area contributed by atoms with E-state index in [4.69, 9.17) is 18.9 Å². The van der Waals surface area contributed by atoms with Crippen LogP contribution in [0.4, 0.5) is 0 Å². The van der Waals surface area contributed by atoms with E-state index in [1.54, 1.807) is 13.8 Å². The van der Waals surface area contributed by atoms with Gasteiger partial charge < -0.3 is 18.9 Å². The Morgan fingerprint density at radius 3 is 1.50 bits per heavy atom. The van der Waals surface area contributed by atoms with E-state index in [9.17, 15) is 9.59 Å². The first kappa shape index (κ1) is 32.5. The van der Waals surface area contributed by atoms with Crippen LogP contribution in [-0.4, -0.2) is 38.4 Å². The third-order valence-electron chi connectivity index (χ3n) is 6.78. The van der Waals surface area contributed by atoms with Crippen molar-refractivity contribution in [1.82, 2.24) is 0 Å². The van der Waals surface area contributed by atoms with Crippen LogP contribution in [0.3, 0.4) is 0 Å². The lowest BCUT2D eigenvalue weighted by atomic mass is 10.0. The second-order valence-corrected chi connectivity index (χ2v) is 10.6. The normalized spacial score (nSPS) is 10.7. The summed E-state index contributed by atoms with van der Waals surface area (Å²) in [4.78, 5) is 22.7. The van der Waals surface area contributed by atoms with Crippen molar-refractivity contribution in [3.63, 3.8) is 0 Å². The molecule has 0 N–H and O–H groups in total. The van der Waals surface area contributed by atoms with Crippen molar-refractivity contribution >= 4 is 22.7 Å². The van der Waals surface area contributed by atoms with Gasteiger partial charge in [-0.15, -0.1) is 0 Å². The lowest BCUT2D eigenvalue weighted by Crippen LogP contribution is -2.06. The smallest absolute Gasteiger partial charge is 0.333 e. The Labute approximate surface area is 250 Å². The molecule has 0 radical (unpaired) electrons. The van der Waals surface area contributed by atoms with Crippen LogP contribution in [0.15, 0.2) is 85.0 Å². The highest BCUT2D eigenvalue weighted by atomic mass is 16.5. The molecule has 3 aromatic rings. The van der Waals surface area contributed by atoms with Crippen LogP contribution >= 0.6 is 0 Å². The van der Waals surface area contributed by atoms with Crippen LogP contribution in [0.25, 0.3) is 21.9 Å². The summed E-state index contributed by atoms with van der Waals surface area (Å²) >= 11 is 0. The van der Waals surface area contributed by atoms with Crippen molar-refractivity contribution in [2.75, 3.05) is 26.4 Å². The molecule has 0 atom stereocenters. The van der Waals surface area contributed by atoms with E-state index in [1.807, 2.05) is 18.2 Å². The number of benzene rings is 3. The van der Waals surface area contributed by atoms with E-state index in [2.05, 4.69) is 55.6 Å². The standard InChI is InChI=1S/C36H44O6/c1-27(2)35(37)41-23-11-7-5-9-21-39-33-18-15-29(16-19-33)30-13-14-32-26-34(20-17-31(32)25-30)40-22-10-6-8-12-24-42-36(38)28(3)4/h13-20,25-26H,1,3,5-12,21-24H2,2,4H3. The van der Waals surface area contributed by atoms with Crippen molar-refractivity contribution in [1.29, 1.82) is 0 Å². The zero-order valence-corrected chi connectivity index (χ0v) is 25.1. The minimum Gasteiger partial charge on any atom is -0.494 e. The van der Waals surface area contributed by atoms with Crippen LogP contribution in [0.2, 0.25) is 0 Å². The zero-order chi connectivity index (χ0) is 30.2. The molecule has 0 saturated carbocycles. The number of hydrogen-bond acceptors (Lipinski definition) is 6. The monoisotopic (exact) mass is 572 g/mol. The number of unbranched alkanes of at least 4 members (excludes halogenated alkanes) is 6. The van der Waals surface area contributed by atoms with Crippen molar-refractivity contribution in [2.24, 2.45) is 0 Å². The number of esters is 2. The van der Waals surface area contributed by atoms with Gasteiger partial charge in [-0.2, -0.15) is 0 Å². The predicted octanol–water partition coefficient (Wildman–Crippen LogP) is 8.62. The first-order chi connectivity index (χ1) is 20.3. The van der Waals surface area contributed by atoms with Gasteiger partial charge in [0.05, 0.1) is 26.4 Å². The molecule has 0 aliphatic carbocycles. The van der Waals surface area contributed by atoms with E-state index >= 15 is 0 Å². The summed E-state index contributed by atoms with van der Waals surface area (Å²) in [5.41, 5.74) is 3.17. The quantitative estimate of drug-likeness (QED) is 0.0813. The number of hydrogen-bond donors (Lipinski definition) is 0. The second kappa shape index (κ2) is 17.7. The Morgan fingerprint density at radius 2 is 0.952 bits per heavy atom. The molecule has 6 nitrogen and oxygen atoms in total. The average molecular weight is 573 g/mol. The van der Waals surface area contributed by atoms with E-state index in [1.165, 1.54) is 5.39 Å². The number of carbonyl (C=O) groups is 2. The molecule has 0 amide bonds. The Morgan fingerprint density at radius 1 is 0.524 bits per heavy atom. The second-order valence-electron chi connectivity index (χ2n) is 10.6. The van der Waals surface area contributed by atoms with Gasteiger partial charge in [-0.05, 0) is 117 Å². The molecule has 3 rings (SSSR count). The van der Waals surface area contributed by atoms with Gasteiger partial charge in [-0.1, -0.05) is 43.5 Å². The third-order valence-corrected chi connectivity index (χ3v) is 6.78. The summed E-state index contributed by atoms with van der Waals surface area (Å²) in [6.07, 6.45) is 7.68. The van der Waals surface area contributed by atoms with Crippen LogP contribution in [-0.2, 0) is 19.1 Å².